The van der Waals surface area contributed by atoms with Crippen molar-refractivity contribution in [3.63, 3.8) is 0 Å². The zero-order chi connectivity index (χ0) is 28.1. The zero-order valence-electron chi connectivity index (χ0n) is 22.8. The first kappa shape index (κ1) is 27.6. The highest BCUT2D eigenvalue weighted by molar-refractivity contribution is 7.93. The van der Waals surface area contributed by atoms with Gasteiger partial charge < -0.3 is 23.7 Å². The quantitative estimate of drug-likeness (QED) is 0.302. The third-order valence-electron chi connectivity index (χ3n) is 6.99. The van der Waals surface area contributed by atoms with E-state index in [0.717, 1.165) is 42.1 Å². The Hall–Kier alpha value is -3.99. The lowest BCUT2D eigenvalue weighted by Crippen LogP contribution is -2.48. The first-order valence-corrected chi connectivity index (χ1v) is 14.1. The molecule has 10 heteroatoms. The molecule has 0 aliphatic carbocycles. The highest BCUT2D eigenvalue weighted by Crippen LogP contribution is 2.29. The van der Waals surface area contributed by atoms with Crippen molar-refractivity contribution < 1.29 is 23.6 Å². The number of para-hydroxylation sites is 1. The number of rotatable bonds is 9. The van der Waals surface area contributed by atoms with Crippen molar-refractivity contribution in [2.75, 3.05) is 52.2 Å². The summed E-state index contributed by atoms with van der Waals surface area (Å²) in [6.07, 6.45) is 1.68. The smallest absolute Gasteiger partial charge is 0.257 e. The molecule has 1 fully saturated rings. The van der Waals surface area contributed by atoms with E-state index in [-0.39, 0.29) is 5.91 Å². The van der Waals surface area contributed by atoms with Gasteiger partial charge in [-0.05, 0) is 30.3 Å². The summed E-state index contributed by atoms with van der Waals surface area (Å²) < 4.78 is 32.6. The van der Waals surface area contributed by atoms with Crippen LogP contribution in [0.15, 0.2) is 77.8 Å². The molecule has 208 valence electrons. The normalized spacial score (nSPS) is 14.6. The molecule has 0 saturated carbocycles. The number of ether oxygens (including phenoxy) is 3. The predicted molar refractivity (Wildman–Crippen MR) is 155 cm³/mol. The topological polar surface area (TPSA) is 99.2 Å². The van der Waals surface area contributed by atoms with Crippen LogP contribution < -0.4 is 18.9 Å². The minimum atomic E-state index is -1.55. The number of piperazine rings is 1. The number of nitrogens with zero attached hydrogens (tertiary/aromatic N) is 3. The fourth-order valence-corrected chi connectivity index (χ4v) is 5.82. The number of hydrogen-bond donors (Lipinski definition) is 1. The van der Waals surface area contributed by atoms with Crippen LogP contribution >= 0.6 is 0 Å². The Morgan fingerprint density at radius 3 is 2.45 bits per heavy atom. The molecule has 2 heterocycles. The van der Waals surface area contributed by atoms with Gasteiger partial charge in [-0.2, -0.15) is 0 Å². The Kier molecular flexibility index (Phi) is 8.59. The Balaban J connectivity index is 1.23. The van der Waals surface area contributed by atoms with Gasteiger partial charge >= 0.3 is 0 Å². The van der Waals surface area contributed by atoms with Gasteiger partial charge in [-0.1, -0.05) is 24.3 Å². The molecule has 0 spiro atoms. The Bertz CT molecular complexity index is 1490. The van der Waals surface area contributed by atoms with Crippen LogP contribution in [0.3, 0.4) is 0 Å². The number of fused-ring (bicyclic) bond motifs is 1. The van der Waals surface area contributed by atoms with Crippen LogP contribution in [0.25, 0.3) is 10.9 Å². The number of hydrogen-bond acceptors (Lipinski definition) is 8. The van der Waals surface area contributed by atoms with Gasteiger partial charge in [-0.3, -0.25) is 14.7 Å². The first-order valence-electron chi connectivity index (χ1n) is 12.9. The van der Waals surface area contributed by atoms with E-state index >= 15 is 0 Å². The Morgan fingerprint density at radius 2 is 1.70 bits per heavy atom. The fraction of sp³-hybridized carbons (Fsp3) is 0.267. The molecule has 0 bridgehead atoms. The molecular formula is C30H32N4O5S. The number of nitrogens with one attached hydrogen (secondary N) is 1. The van der Waals surface area contributed by atoms with Gasteiger partial charge in [-0.15, -0.1) is 0 Å². The lowest BCUT2D eigenvalue weighted by molar-refractivity contribution is 0.0624. The van der Waals surface area contributed by atoms with Crippen molar-refractivity contribution in [2.24, 2.45) is 0 Å². The van der Waals surface area contributed by atoms with E-state index in [1.165, 1.54) is 7.11 Å². The number of amides is 1. The minimum absolute atomic E-state index is 0.0931. The van der Waals surface area contributed by atoms with Crippen LogP contribution in [0, 0.1) is 0 Å². The Labute approximate surface area is 237 Å². The standard InChI is InChI=1S/C30H32N4O5S/c1-37-24-11-9-22(26(19-24)38-2)20-33-14-16-34(17-15-33)30(35)25-12-10-23(18-27(25)39-3)32-40(36)28-8-4-6-21-7-5-13-31-29(21)28/h4-13,18-19,32H,14-17,20H2,1-3H3. The lowest BCUT2D eigenvalue weighted by atomic mass is 10.1. The van der Waals surface area contributed by atoms with Gasteiger partial charge in [0.1, 0.15) is 34.1 Å². The number of benzene rings is 3. The van der Waals surface area contributed by atoms with Crippen LogP contribution in [0.4, 0.5) is 5.69 Å². The van der Waals surface area contributed by atoms with Crippen molar-refractivity contribution in [1.82, 2.24) is 14.8 Å². The SMILES string of the molecule is COc1ccc(CN2CCN(C(=O)c3ccc(N[S+]([O-])c4cccc5cccnc45)cc3OC)CC2)c(OC)c1. The van der Waals surface area contributed by atoms with E-state index in [1.807, 2.05) is 47.4 Å². The van der Waals surface area contributed by atoms with Gasteiger partial charge in [0.05, 0.1) is 32.6 Å². The average molecular weight is 561 g/mol. The van der Waals surface area contributed by atoms with Crippen LogP contribution in [0.1, 0.15) is 15.9 Å². The lowest BCUT2D eigenvalue weighted by Gasteiger charge is -2.35. The van der Waals surface area contributed by atoms with E-state index in [2.05, 4.69) is 14.6 Å². The minimum Gasteiger partial charge on any atom is -0.588 e. The average Bonchev–Trinajstić information content (AvgIpc) is 3.00. The van der Waals surface area contributed by atoms with Crippen LogP contribution in [-0.2, 0) is 17.9 Å². The van der Waals surface area contributed by atoms with E-state index in [1.54, 1.807) is 44.7 Å². The summed E-state index contributed by atoms with van der Waals surface area (Å²) in [6, 6.07) is 20.4. The maximum atomic E-state index is 13.4. The molecule has 0 radical (unpaired) electrons. The van der Waals surface area contributed by atoms with Crippen LogP contribution in [0.5, 0.6) is 17.2 Å². The highest BCUT2D eigenvalue weighted by Gasteiger charge is 2.26. The molecule has 1 saturated heterocycles. The summed E-state index contributed by atoms with van der Waals surface area (Å²) in [5, 5.41) is 0.914. The van der Waals surface area contributed by atoms with E-state index < -0.39 is 11.4 Å². The summed E-state index contributed by atoms with van der Waals surface area (Å²) in [4.78, 5) is 22.5. The number of anilines is 1. The summed E-state index contributed by atoms with van der Waals surface area (Å²) in [7, 11) is 4.82. The second-order valence-corrected chi connectivity index (χ2v) is 10.5. The molecule has 5 rings (SSSR count). The molecule has 9 nitrogen and oxygen atoms in total. The maximum Gasteiger partial charge on any atom is 0.257 e. The summed E-state index contributed by atoms with van der Waals surface area (Å²) in [5.74, 6) is 1.87. The van der Waals surface area contributed by atoms with Gasteiger partial charge in [0, 0.05) is 62.0 Å². The highest BCUT2D eigenvalue weighted by atomic mass is 32.2. The molecule has 1 aliphatic heterocycles. The summed E-state index contributed by atoms with van der Waals surface area (Å²) in [5.41, 5.74) is 2.80. The number of pyridine rings is 1. The van der Waals surface area contributed by atoms with Crippen LogP contribution in [-0.4, -0.2) is 72.8 Å². The molecule has 1 aromatic heterocycles. The largest absolute Gasteiger partial charge is 0.588 e. The first-order chi connectivity index (χ1) is 19.5. The molecule has 3 aromatic carbocycles. The van der Waals surface area contributed by atoms with Gasteiger partial charge in [0.15, 0.2) is 0 Å². The molecular weight excluding hydrogens is 528 g/mol. The molecule has 1 aliphatic rings. The van der Waals surface area contributed by atoms with Crippen molar-refractivity contribution in [3.8, 4) is 17.2 Å². The number of aromatic nitrogens is 1. The molecule has 4 aromatic rings. The number of carbonyl (C=O) groups excluding carboxylic acids is 1. The van der Waals surface area contributed by atoms with Crippen molar-refractivity contribution >= 4 is 33.9 Å². The fourth-order valence-electron chi connectivity index (χ4n) is 4.82. The van der Waals surface area contributed by atoms with Crippen molar-refractivity contribution in [1.29, 1.82) is 0 Å². The molecule has 1 unspecified atom stereocenters. The van der Waals surface area contributed by atoms with Gasteiger partial charge in [0.2, 0.25) is 4.90 Å². The maximum absolute atomic E-state index is 13.4. The Morgan fingerprint density at radius 1 is 0.925 bits per heavy atom. The van der Waals surface area contributed by atoms with Crippen molar-refractivity contribution in [3.05, 3.63) is 84.1 Å². The molecule has 40 heavy (non-hydrogen) atoms. The third-order valence-corrected chi connectivity index (χ3v) is 8.14. The van der Waals surface area contributed by atoms with E-state index in [9.17, 15) is 9.35 Å². The number of carbonyl (C=O) groups is 1. The number of methoxy groups -OCH3 is 3. The van der Waals surface area contributed by atoms with Gasteiger partial charge in [-0.25, -0.2) is 4.72 Å². The van der Waals surface area contributed by atoms with Crippen molar-refractivity contribution in [2.45, 2.75) is 11.4 Å². The van der Waals surface area contributed by atoms with Gasteiger partial charge in [0.25, 0.3) is 5.91 Å². The summed E-state index contributed by atoms with van der Waals surface area (Å²) >= 11 is -1.55. The van der Waals surface area contributed by atoms with E-state index in [4.69, 9.17) is 14.2 Å². The second-order valence-electron chi connectivity index (χ2n) is 9.36. The zero-order valence-corrected chi connectivity index (χ0v) is 23.6. The second kappa shape index (κ2) is 12.5. The molecule has 1 N–H and O–H groups in total. The third kappa shape index (κ3) is 5.94. The monoisotopic (exact) mass is 560 g/mol. The molecule has 1 amide bonds. The summed E-state index contributed by atoms with van der Waals surface area (Å²) in [6.45, 7) is 3.39. The van der Waals surface area contributed by atoms with E-state index in [0.29, 0.717) is 40.5 Å². The van der Waals surface area contributed by atoms with Crippen LogP contribution in [0.2, 0.25) is 0 Å². The molecule has 1 atom stereocenters. The predicted octanol–water partition coefficient (Wildman–Crippen LogP) is 4.35.